The molecule has 7 nitrogen and oxygen atoms in total. The highest BCUT2D eigenvalue weighted by Gasteiger charge is 2.22. The second-order valence-electron chi connectivity index (χ2n) is 6.62. The topological polar surface area (TPSA) is 88.6 Å². The van der Waals surface area contributed by atoms with Crippen LogP contribution in [0.5, 0.6) is 5.75 Å². The van der Waals surface area contributed by atoms with E-state index >= 15 is 0 Å². The number of aromatic nitrogens is 1. The number of sulfonamides is 1. The first kappa shape index (κ1) is 20.8. The van der Waals surface area contributed by atoms with Crippen LogP contribution in [-0.2, 0) is 14.8 Å². The number of nitrogens with one attached hydrogen (secondary N) is 1. The van der Waals surface area contributed by atoms with Gasteiger partial charge in [-0.3, -0.25) is 14.1 Å². The van der Waals surface area contributed by atoms with E-state index in [1.54, 1.807) is 54.0 Å². The zero-order valence-corrected chi connectivity index (χ0v) is 18.2. The molecule has 0 saturated heterocycles. The van der Waals surface area contributed by atoms with Gasteiger partial charge in [-0.05, 0) is 47.8 Å². The highest BCUT2D eigenvalue weighted by Crippen LogP contribution is 2.26. The Labute approximate surface area is 184 Å². The number of hydrogen-bond acceptors (Lipinski definition) is 6. The Kier molecular flexibility index (Phi) is 5.88. The SMILES string of the molecule is CN(c1ccc(OCC(=O)Nc2cccc3cccnc23)cc1)S(=O)(=O)c1cccs1. The summed E-state index contributed by atoms with van der Waals surface area (Å²) < 4.78 is 32.2. The Morgan fingerprint density at radius 3 is 2.58 bits per heavy atom. The van der Waals surface area contributed by atoms with Crippen LogP contribution in [0.2, 0.25) is 0 Å². The zero-order valence-electron chi connectivity index (χ0n) is 16.6. The van der Waals surface area contributed by atoms with Crippen molar-refractivity contribution in [2.24, 2.45) is 0 Å². The number of thiophene rings is 1. The molecule has 31 heavy (non-hydrogen) atoms. The second-order valence-corrected chi connectivity index (χ2v) is 9.76. The lowest BCUT2D eigenvalue weighted by Crippen LogP contribution is -2.25. The Hall–Kier alpha value is -3.43. The Morgan fingerprint density at radius 1 is 1.06 bits per heavy atom. The minimum Gasteiger partial charge on any atom is -0.484 e. The van der Waals surface area contributed by atoms with Crippen LogP contribution in [-0.4, -0.2) is 33.0 Å². The molecule has 158 valence electrons. The summed E-state index contributed by atoms with van der Waals surface area (Å²) in [6.45, 7) is -0.189. The molecule has 2 aromatic carbocycles. The van der Waals surface area contributed by atoms with Crippen molar-refractivity contribution in [2.75, 3.05) is 23.3 Å². The molecule has 2 aromatic heterocycles. The van der Waals surface area contributed by atoms with Crippen LogP contribution in [0.1, 0.15) is 0 Å². The summed E-state index contributed by atoms with van der Waals surface area (Å²) in [6, 6.07) is 19.1. The van der Waals surface area contributed by atoms with Gasteiger partial charge in [0, 0.05) is 18.6 Å². The van der Waals surface area contributed by atoms with Gasteiger partial charge >= 0.3 is 0 Å². The van der Waals surface area contributed by atoms with E-state index in [2.05, 4.69) is 10.3 Å². The van der Waals surface area contributed by atoms with E-state index in [0.717, 1.165) is 5.39 Å². The predicted molar refractivity (Wildman–Crippen MR) is 122 cm³/mol. The molecule has 0 radical (unpaired) electrons. The minimum atomic E-state index is -3.60. The number of nitrogens with zero attached hydrogens (tertiary/aromatic N) is 2. The number of anilines is 2. The molecule has 0 atom stereocenters. The molecule has 0 aliphatic rings. The summed E-state index contributed by atoms with van der Waals surface area (Å²) in [7, 11) is -2.10. The molecule has 4 aromatic rings. The number of fused-ring (bicyclic) bond motifs is 1. The number of amides is 1. The van der Waals surface area contributed by atoms with Crippen LogP contribution in [0.25, 0.3) is 10.9 Å². The van der Waals surface area contributed by atoms with Crippen LogP contribution >= 0.6 is 11.3 Å². The highest BCUT2D eigenvalue weighted by molar-refractivity contribution is 7.94. The number of hydrogen-bond donors (Lipinski definition) is 1. The van der Waals surface area contributed by atoms with Gasteiger partial charge in [0.1, 0.15) is 9.96 Å². The predicted octanol–water partition coefficient (Wildman–Crippen LogP) is 4.14. The molecule has 1 amide bonds. The van der Waals surface area contributed by atoms with Gasteiger partial charge < -0.3 is 10.1 Å². The number of ether oxygens (including phenoxy) is 1. The second kappa shape index (κ2) is 8.75. The number of para-hydroxylation sites is 1. The van der Waals surface area contributed by atoms with Crippen molar-refractivity contribution in [1.29, 1.82) is 0 Å². The molecule has 9 heteroatoms. The van der Waals surface area contributed by atoms with Gasteiger partial charge in [-0.2, -0.15) is 0 Å². The van der Waals surface area contributed by atoms with Gasteiger partial charge in [-0.25, -0.2) is 8.42 Å². The third-order valence-electron chi connectivity index (χ3n) is 4.59. The Balaban J connectivity index is 1.39. The van der Waals surface area contributed by atoms with Crippen LogP contribution in [0.4, 0.5) is 11.4 Å². The summed E-state index contributed by atoms with van der Waals surface area (Å²) in [5.74, 6) is 0.136. The number of pyridine rings is 1. The summed E-state index contributed by atoms with van der Waals surface area (Å²) in [6.07, 6.45) is 1.67. The van der Waals surface area contributed by atoms with Crippen molar-refractivity contribution in [3.05, 3.63) is 78.3 Å². The van der Waals surface area contributed by atoms with Gasteiger partial charge in [0.25, 0.3) is 15.9 Å². The van der Waals surface area contributed by atoms with Gasteiger partial charge in [-0.15, -0.1) is 11.3 Å². The van der Waals surface area contributed by atoms with Crippen LogP contribution in [0, 0.1) is 0 Å². The van der Waals surface area contributed by atoms with E-state index in [1.165, 1.54) is 22.7 Å². The summed E-state index contributed by atoms with van der Waals surface area (Å²) >= 11 is 1.17. The van der Waals surface area contributed by atoms with Crippen molar-refractivity contribution in [1.82, 2.24) is 4.98 Å². The van der Waals surface area contributed by atoms with E-state index in [4.69, 9.17) is 4.74 Å². The van der Waals surface area contributed by atoms with Crippen molar-refractivity contribution < 1.29 is 17.9 Å². The molecule has 0 aliphatic heterocycles. The summed E-state index contributed by atoms with van der Waals surface area (Å²) in [5, 5.41) is 5.46. The molecule has 0 aliphatic carbocycles. The normalized spacial score (nSPS) is 11.3. The zero-order chi connectivity index (χ0) is 21.8. The number of carbonyl (C=O) groups excluding carboxylic acids is 1. The first-order valence-electron chi connectivity index (χ1n) is 9.34. The molecule has 0 bridgehead atoms. The standard InChI is InChI=1S/C22H19N3O4S2/c1-25(31(27,28)21-8-4-14-30-21)17-9-11-18(12-10-17)29-15-20(26)24-19-7-2-5-16-6-3-13-23-22(16)19/h2-14H,15H2,1H3,(H,24,26). The lowest BCUT2D eigenvalue weighted by atomic mass is 10.2. The molecule has 2 heterocycles. The molecule has 0 unspecified atom stereocenters. The fourth-order valence-electron chi connectivity index (χ4n) is 2.98. The van der Waals surface area contributed by atoms with Gasteiger partial charge in [0.2, 0.25) is 0 Å². The molecular formula is C22H19N3O4S2. The maximum absolute atomic E-state index is 12.6. The van der Waals surface area contributed by atoms with Gasteiger partial charge in [-0.1, -0.05) is 24.3 Å². The average Bonchev–Trinajstić information content (AvgIpc) is 3.34. The molecular weight excluding hydrogens is 434 g/mol. The first-order chi connectivity index (χ1) is 14.9. The van der Waals surface area contributed by atoms with E-state index in [-0.39, 0.29) is 16.7 Å². The molecule has 0 saturated carbocycles. The molecule has 4 rings (SSSR count). The highest BCUT2D eigenvalue weighted by atomic mass is 32.2. The van der Waals surface area contributed by atoms with E-state index in [9.17, 15) is 13.2 Å². The lowest BCUT2D eigenvalue weighted by Gasteiger charge is -2.18. The van der Waals surface area contributed by atoms with Crippen molar-refractivity contribution >= 4 is 49.5 Å². The fourth-order valence-corrected chi connectivity index (χ4v) is 5.33. The fraction of sp³-hybridized carbons (Fsp3) is 0.0909. The van der Waals surface area contributed by atoms with Crippen LogP contribution < -0.4 is 14.4 Å². The summed E-state index contributed by atoms with van der Waals surface area (Å²) in [4.78, 5) is 16.6. The number of rotatable bonds is 7. The van der Waals surface area contributed by atoms with Gasteiger partial charge in [0.15, 0.2) is 6.61 Å². The van der Waals surface area contributed by atoms with Crippen molar-refractivity contribution in [3.8, 4) is 5.75 Å². The Bertz CT molecular complexity index is 1300. The molecule has 1 N–H and O–H groups in total. The smallest absolute Gasteiger partial charge is 0.273 e. The summed E-state index contributed by atoms with van der Waals surface area (Å²) in [5.41, 5.74) is 1.81. The number of carbonyl (C=O) groups is 1. The van der Waals surface area contributed by atoms with Gasteiger partial charge in [0.05, 0.1) is 16.9 Å². The number of benzene rings is 2. The third-order valence-corrected chi connectivity index (χ3v) is 7.75. The van der Waals surface area contributed by atoms with E-state index in [0.29, 0.717) is 22.6 Å². The van der Waals surface area contributed by atoms with E-state index < -0.39 is 10.0 Å². The minimum absolute atomic E-state index is 0.189. The Morgan fingerprint density at radius 2 is 1.84 bits per heavy atom. The van der Waals surface area contributed by atoms with Crippen LogP contribution in [0.15, 0.2) is 82.5 Å². The lowest BCUT2D eigenvalue weighted by molar-refractivity contribution is -0.118. The molecule has 0 spiro atoms. The van der Waals surface area contributed by atoms with E-state index in [1.807, 2.05) is 24.3 Å². The van der Waals surface area contributed by atoms with Crippen molar-refractivity contribution in [2.45, 2.75) is 4.21 Å². The third kappa shape index (κ3) is 4.52. The maximum Gasteiger partial charge on any atom is 0.273 e. The first-order valence-corrected chi connectivity index (χ1v) is 11.7. The molecule has 0 fully saturated rings. The largest absolute Gasteiger partial charge is 0.484 e. The quantitative estimate of drug-likeness (QED) is 0.454. The van der Waals surface area contributed by atoms with Crippen molar-refractivity contribution in [3.63, 3.8) is 0 Å². The van der Waals surface area contributed by atoms with Crippen LogP contribution in [0.3, 0.4) is 0 Å². The average molecular weight is 454 g/mol. The maximum atomic E-state index is 12.6. The monoisotopic (exact) mass is 453 g/mol.